The maximum atomic E-state index is 2.46. The van der Waals surface area contributed by atoms with E-state index in [1.165, 1.54) is 99.1 Å². The predicted octanol–water partition coefficient (Wildman–Crippen LogP) is 18.3. The van der Waals surface area contributed by atoms with Crippen LogP contribution in [0.25, 0.3) is 82.4 Å². The van der Waals surface area contributed by atoms with E-state index in [4.69, 9.17) is 0 Å². The summed E-state index contributed by atoms with van der Waals surface area (Å²) in [7, 11) is 0. The van der Waals surface area contributed by atoms with Crippen molar-refractivity contribution in [2.45, 2.75) is 5.41 Å². The molecule has 1 aliphatic carbocycles. The van der Waals surface area contributed by atoms with Crippen LogP contribution in [-0.4, -0.2) is 4.57 Å². The van der Waals surface area contributed by atoms with Crippen LogP contribution in [0, 0.1) is 0 Å². The Morgan fingerprint density at radius 3 is 1.62 bits per heavy atom. The number of aromatic nitrogens is 1. The van der Waals surface area contributed by atoms with E-state index in [9.17, 15) is 0 Å². The highest BCUT2D eigenvalue weighted by Crippen LogP contribution is 2.57. The lowest BCUT2D eigenvalue weighted by Gasteiger charge is -2.35. The first kappa shape index (κ1) is 40.8. The molecule has 332 valence electrons. The summed E-state index contributed by atoms with van der Waals surface area (Å²) in [5.41, 5.74) is 18.7. The van der Waals surface area contributed by atoms with Gasteiger partial charge in [0.1, 0.15) is 0 Å². The van der Waals surface area contributed by atoms with Gasteiger partial charge in [-0.1, -0.05) is 218 Å². The zero-order valence-electron chi connectivity index (χ0n) is 39.0. The summed E-state index contributed by atoms with van der Waals surface area (Å²) in [6.45, 7) is 0. The highest BCUT2D eigenvalue weighted by atomic mass is 15.1. The second kappa shape index (κ2) is 16.5. The molecule has 0 aliphatic heterocycles. The average Bonchev–Trinajstić information content (AvgIpc) is 3.94. The predicted molar refractivity (Wildman–Crippen MR) is 299 cm³/mol. The molecule has 71 heavy (non-hydrogen) atoms. The standard InChI is InChI=1S/C69H46N2/c1-3-22-54(23-4-1)69(55-24-5-2-6-25-55)64-30-13-11-28-60(64)61-41-40-58(46-65(61)69)70(57-39-37-47-17-7-8-19-51(47)44-57)56-26-15-21-52(43-56)48-33-35-49(36-34-48)53-38-42-68-63(45-53)62-29-12-14-31-67(62)71(68)66-32-16-20-50-18-9-10-27-59(50)66/h1-46H. The highest BCUT2D eigenvalue weighted by Gasteiger charge is 2.46. The van der Waals surface area contributed by atoms with Crippen molar-refractivity contribution in [3.05, 3.63) is 301 Å². The Labute approximate surface area is 413 Å². The van der Waals surface area contributed by atoms with Crippen LogP contribution in [0.1, 0.15) is 22.3 Å². The van der Waals surface area contributed by atoms with E-state index in [-0.39, 0.29) is 0 Å². The average molecular weight is 903 g/mol. The van der Waals surface area contributed by atoms with Gasteiger partial charge in [-0.2, -0.15) is 0 Å². The van der Waals surface area contributed by atoms with Gasteiger partial charge in [-0.3, -0.25) is 0 Å². The summed E-state index contributed by atoms with van der Waals surface area (Å²) < 4.78 is 2.43. The van der Waals surface area contributed by atoms with Crippen LogP contribution in [-0.2, 0) is 5.41 Å². The molecule has 1 aromatic heterocycles. The molecule has 0 fully saturated rings. The molecule has 14 rings (SSSR count). The molecule has 0 atom stereocenters. The van der Waals surface area contributed by atoms with Crippen molar-refractivity contribution >= 4 is 60.4 Å². The van der Waals surface area contributed by atoms with Crippen LogP contribution in [0.5, 0.6) is 0 Å². The molecule has 2 heteroatoms. The number of rotatable bonds is 8. The lowest BCUT2D eigenvalue weighted by atomic mass is 9.67. The minimum atomic E-state index is -0.512. The number of hydrogen-bond donors (Lipinski definition) is 0. The Hall–Kier alpha value is -9.24. The van der Waals surface area contributed by atoms with Crippen LogP contribution in [0.3, 0.4) is 0 Å². The van der Waals surface area contributed by atoms with Crippen molar-refractivity contribution in [1.29, 1.82) is 0 Å². The molecule has 0 saturated carbocycles. The van der Waals surface area contributed by atoms with E-state index in [1.807, 2.05) is 0 Å². The third-order valence-corrected chi connectivity index (χ3v) is 15.0. The Balaban J connectivity index is 0.881. The van der Waals surface area contributed by atoms with E-state index < -0.39 is 5.41 Å². The van der Waals surface area contributed by atoms with Gasteiger partial charge in [-0.15, -0.1) is 0 Å². The fourth-order valence-electron chi connectivity index (χ4n) is 11.8. The van der Waals surface area contributed by atoms with Gasteiger partial charge in [0.2, 0.25) is 0 Å². The smallest absolute Gasteiger partial charge is 0.0714 e. The molecule has 13 aromatic rings. The van der Waals surface area contributed by atoms with E-state index in [0.717, 1.165) is 22.6 Å². The molecule has 1 aliphatic rings. The fourth-order valence-corrected chi connectivity index (χ4v) is 11.8. The first-order valence-corrected chi connectivity index (χ1v) is 24.6. The maximum absolute atomic E-state index is 2.46. The van der Waals surface area contributed by atoms with Crippen LogP contribution >= 0.6 is 0 Å². The third kappa shape index (κ3) is 6.49. The fraction of sp³-hybridized carbons (Fsp3) is 0.0145. The Bertz CT molecular complexity index is 4120. The minimum absolute atomic E-state index is 0.512. The van der Waals surface area contributed by atoms with E-state index in [0.29, 0.717) is 0 Å². The van der Waals surface area contributed by atoms with Gasteiger partial charge in [0.05, 0.1) is 22.1 Å². The quantitative estimate of drug-likeness (QED) is 0.147. The molecule has 0 amide bonds. The third-order valence-electron chi connectivity index (χ3n) is 15.0. The van der Waals surface area contributed by atoms with E-state index in [2.05, 4.69) is 289 Å². The van der Waals surface area contributed by atoms with Crippen molar-refractivity contribution in [2.24, 2.45) is 0 Å². The summed E-state index contributed by atoms with van der Waals surface area (Å²) >= 11 is 0. The van der Waals surface area contributed by atoms with Crippen LogP contribution in [0.2, 0.25) is 0 Å². The summed E-state index contributed by atoms with van der Waals surface area (Å²) in [5, 5.41) is 7.40. The molecule has 0 radical (unpaired) electrons. The summed E-state index contributed by atoms with van der Waals surface area (Å²) in [6, 6.07) is 103. The van der Waals surface area contributed by atoms with Gasteiger partial charge >= 0.3 is 0 Å². The monoisotopic (exact) mass is 902 g/mol. The topological polar surface area (TPSA) is 8.17 Å². The molecule has 0 spiro atoms. The van der Waals surface area contributed by atoms with E-state index >= 15 is 0 Å². The van der Waals surface area contributed by atoms with Crippen LogP contribution in [0.15, 0.2) is 279 Å². The van der Waals surface area contributed by atoms with Gasteiger partial charge in [-0.05, 0) is 132 Å². The SMILES string of the molecule is c1ccc(C2(c3ccccc3)c3ccccc3-c3ccc(N(c4cccc(-c5ccc(-c6ccc7c(c6)c6ccccc6n7-c6cccc7ccccc67)cc5)c4)c4ccc5ccccc5c4)cc32)cc1. The molecule has 12 aromatic carbocycles. The minimum Gasteiger partial charge on any atom is -0.310 e. The van der Waals surface area contributed by atoms with Gasteiger partial charge < -0.3 is 9.47 Å². The molecule has 2 nitrogen and oxygen atoms in total. The summed E-state index contributed by atoms with van der Waals surface area (Å²) in [4.78, 5) is 2.44. The van der Waals surface area contributed by atoms with Gasteiger partial charge in [0, 0.05) is 33.2 Å². The largest absolute Gasteiger partial charge is 0.310 e. The Morgan fingerprint density at radius 1 is 0.282 bits per heavy atom. The molecular weight excluding hydrogens is 857 g/mol. The number of anilines is 3. The molecule has 0 N–H and O–H groups in total. The number of nitrogens with zero attached hydrogens (tertiary/aromatic N) is 2. The van der Waals surface area contributed by atoms with Crippen LogP contribution < -0.4 is 4.90 Å². The van der Waals surface area contributed by atoms with Gasteiger partial charge in [0.25, 0.3) is 0 Å². The van der Waals surface area contributed by atoms with E-state index in [1.54, 1.807) is 0 Å². The highest BCUT2D eigenvalue weighted by molar-refractivity contribution is 6.12. The van der Waals surface area contributed by atoms with Crippen LogP contribution in [0.4, 0.5) is 17.1 Å². The number of fused-ring (bicyclic) bond motifs is 8. The Morgan fingerprint density at radius 2 is 0.831 bits per heavy atom. The molecule has 0 bridgehead atoms. The van der Waals surface area contributed by atoms with Gasteiger partial charge in [0.15, 0.2) is 0 Å². The molecule has 0 unspecified atom stereocenters. The van der Waals surface area contributed by atoms with Crippen molar-refractivity contribution in [2.75, 3.05) is 4.90 Å². The maximum Gasteiger partial charge on any atom is 0.0714 e. The number of hydrogen-bond acceptors (Lipinski definition) is 1. The number of para-hydroxylation sites is 1. The van der Waals surface area contributed by atoms with Gasteiger partial charge in [-0.25, -0.2) is 0 Å². The zero-order chi connectivity index (χ0) is 46.9. The molecular formula is C69H46N2. The second-order valence-corrected chi connectivity index (χ2v) is 18.8. The first-order chi connectivity index (χ1) is 35.2. The van der Waals surface area contributed by atoms with Crippen molar-refractivity contribution < 1.29 is 0 Å². The first-order valence-electron chi connectivity index (χ1n) is 24.6. The zero-order valence-corrected chi connectivity index (χ0v) is 39.0. The van der Waals surface area contributed by atoms with Crippen molar-refractivity contribution in [1.82, 2.24) is 4.57 Å². The van der Waals surface area contributed by atoms with Crippen molar-refractivity contribution in [3.8, 4) is 39.1 Å². The second-order valence-electron chi connectivity index (χ2n) is 18.8. The lowest BCUT2D eigenvalue weighted by molar-refractivity contribution is 0.768. The van der Waals surface area contributed by atoms with Crippen molar-refractivity contribution in [3.63, 3.8) is 0 Å². The Kier molecular flexibility index (Phi) is 9.47. The number of benzene rings is 12. The molecule has 0 saturated heterocycles. The lowest BCUT2D eigenvalue weighted by Crippen LogP contribution is -2.28. The summed E-state index contributed by atoms with van der Waals surface area (Å²) in [6.07, 6.45) is 0. The normalized spacial score (nSPS) is 12.6. The summed E-state index contributed by atoms with van der Waals surface area (Å²) in [5.74, 6) is 0. The molecule has 1 heterocycles.